The Morgan fingerprint density at radius 1 is 1.13 bits per heavy atom. The summed E-state index contributed by atoms with van der Waals surface area (Å²) in [4.78, 5) is 11.8. The van der Waals surface area contributed by atoms with Crippen LogP contribution in [0.1, 0.15) is 11.1 Å². The molecule has 3 rings (SSSR count). The Morgan fingerprint density at radius 3 is 2.78 bits per heavy atom. The molecule has 2 aromatic rings. The molecule has 5 heteroatoms. The van der Waals surface area contributed by atoms with E-state index in [9.17, 15) is 4.79 Å². The molecule has 0 saturated heterocycles. The van der Waals surface area contributed by atoms with Crippen LogP contribution in [-0.2, 0) is 16.1 Å². The van der Waals surface area contributed by atoms with Crippen molar-refractivity contribution in [1.29, 1.82) is 0 Å². The standard InChI is InChI=1S/C18H15BrO4/c19-15-3-1-2-14(10-15)12-23-18(20)7-5-13-4-6-16-17(11-13)22-9-8-21-16/h1-7,10-11H,8-9,12H2/b7-5+. The van der Waals surface area contributed by atoms with Crippen LogP contribution in [0.3, 0.4) is 0 Å². The number of carbonyl (C=O) groups is 1. The first-order chi connectivity index (χ1) is 11.2. The van der Waals surface area contributed by atoms with Crippen molar-refractivity contribution in [2.75, 3.05) is 13.2 Å². The fourth-order valence-corrected chi connectivity index (χ4v) is 2.60. The molecule has 0 spiro atoms. The van der Waals surface area contributed by atoms with Crippen LogP contribution in [0.5, 0.6) is 11.5 Å². The average Bonchev–Trinajstić information content (AvgIpc) is 2.58. The molecule has 0 saturated carbocycles. The van der Waals surface area contributed by atoms with Gasteiger partial charge in [0.1, 0.15) is 19.8 Å². The maximum Gasteiger partial charge on any atom is 0.331 e. The lowest BCUT2D eigenvalue weighted by molar-refractivity contribution is -0.138. The summed E-state index contributed by atoms with van der Waals surface area (Å²) in [7, 11) is 0. The van der Waals surface area contributed by atoms with Gasteiger partial charge in [-0.1, -0.05) is 34.1 Å². The summed E-state index contributed by atoms with van der Waals surface area (Å²) in [6.07, 6.45) is 3.10. The molecule has 4 nitrogen and oxygen atoms in total. The summed E-state index contributed by atoms with van der Waals surface area (Å²) in [5.74, 6) is 1.03. The van der Waals surface area contributed by atoms with Crippen LogP contribution in [0.4, 0.5) is 0 Å². The topological polar surface area (TPSA) is 44.8 Å². The van der Waals surface area contributed by atoms with Crippen molar-refractivity contribution in [2.45, 2.75) is 6.61 Å². The van der Waals surface area contributed by atoms with Crippen LogP contribution < -0.4 is 9.47 Å². The van der Waals surface area contributed by atoms with Gasteiger partial charge in [0, 0.05) is 10.5 Å². The minimum absolute atomic E-state index is 0.240. The van der Waals surface area contributed by atoms with E-state index in [0.29, 0.717) is 19.0 Å². The summed E-state index contributed by atoms with van der Waals surface area (Å²) < 4.78 is 17.1. The van der Waals surface area contributed by atoms with Crippen molar-refractivity contribution in [3.8, 4) is 11.5 Å². The first-order valence-electron chi connectivity index (χ1n) is 7.20. The molecule has 0 aliphatic carbocycles. The van der Waals surface area contributed by atoms with Crippen LogP contribution in [0, 0.1) is 0 Å². The third-order valence-corrected chi connectivity index (χ3v) is 3.74. The zero-order chi connectivity index (χ0) is 16.1. The zero-order valence-corrected chi connectivity index (χ0v) is 13.9. The van der Waals surface area contributed by atoms with Crippen molar-refractivity contribution >= 4 is 28.0 Å². The summed E-state index contributed by atoms with van der Waals surface area (Å²) in [6, 6.07) is 13.2. The van der Waals surface area contributed by atoms with E-state index in [2.05, 4.69) is 15.9 Å². The fraction of sp³-hybridized carbons (Fsp3) is 0.167. The molecule has 1 heterocycles. The SMILES string of the molecule is O=C(/C=C/c1ccc2c(c1)OCCO2)OCc1cccc(Br)c1. The van der Waals surface area contributed by atoms with Gasteiger partial charge in [0.25, 0.3) is 0 Å². The Kier molecular flexibility index (Phi) is 4.98. The first kappa shape index (κ1) is 15.6. The Labute approximate surface area is 142 Å². The molecule has 0 N–H and O–H groups in total. The number of ether oxygens (including phenoxy) is 3. The van der Waals surface area contributed by atoms with Gasteiger partial charge in [-0.25, -0.2) is 4.79 Å². The van der Waals surface area contributed by atoms with Crippen molar-refractivity contribution < 1.29 is 19.0 Å². The molecule has 23 heavy (non-hydrogen) atoms. The van der Waals surface area contributed by atoms with Crippen LogP contribution in [0.15, 0.2) is 53.0 Å². The molecule has 0 unspecified atom stereocenters. The second kappa shape index (κ2) is 7.33. The van der Waals surface area contributed by atoms with E-state index in [1.54, 1.807) is 6.08 Å². The predicted molar refractivity (Wildman–Crippen MR) is 90.4 cm³/mol. The van der Waals surface area contributed by atoms with Crippen molar-refractivity contribution in [2.24, 2.45) is 0 Å². The number of benzene rings is 2. The normalized spacial score (nSPS) is 13.1. The molecule has 0 radical (unpaired) electrons. The Bertz CT molecular complexity index is 740. The van der Waals surface area contributed by atoms with Gasteiger partial charge in [0.15, 0.2) is 11.5 Å². The second-order valence-electron chi connectivity index (χ2n) is 4.97. The number of hydrogen-bond acceptors (Lipinski definition) is 4. The van der Waals surface area contributed by atoms with Gasteiger partial charge in [-0.2, -0.15) is 0 Å². The largest absolute Gasteiger partial charge is 0.486 e. The lowest BCUT2D eigenvalue weighted by Crippen LogP contribution is -2.15. The van der Waals surface area contributed by atoms with Crippen LogP contribution >= 0.6 is 15.9 Å². The summed E-state index contributed by atoms with van der Waals surface area (Å²) in [5.41, 5.74) is 1.79. The lowest BCUT2D eigenvalue weighted by Gasteiger charge is -2.18. The number of halogens is 1. The van der Waals surface area contributed by atoms with E-state index in [4.69, 9.17) is 14.2 Å². The number of carbonyl (C=O) groups excluding carboxylic acids is 1. The molecule has 0 amide bonds. The molecule has 0 atom stereocenters. The number of rotatable bonds is 4. The molecular weight excluding hydrogens is 360 g/mol. The molecule has 2 aromatic carbocycles. The Balaban J connectivity index is 1.58. The van der Waals surface area contributed by atoms with Crippen LogP contribution in [0.2, 0.25) is 0 Å². The molecule has 0 aromatic heterocycles. The summed E-state index contributed by atoms with van der Waals surface area (Å²) in [6.45, 7) is 1.34. The van der Waals surface area contributed by atoms with Crippen molar-refractivity contribution in [1.82, 2.24) is 0 Å². The average molecular weight is 375 g/mol. The monoisotopic (exact) mass is 374 g/mol. The highest BCUT2D eigenvalue weighted by molar-refractivity contribution is 9.10. The quantitative estimate of drug-likeness (QED) is 0.599. The molecular formula is C18H15BrO4. The maximum atomic E-state index is 11.8. The fourth-order valence-electron chi connectivity index (χ4n) is 2.16. The van der Waals surface area contributed by atoms with Crippen LogP contribution in [-0.4, -0.2) is 19.2 Å². The van der Waals surface area contributed by atoms with E-state index in [1.165, 1.54) is 6.08 Å². The van der Waals surface area contributed by atoms with E-state index < -0.39 is 0 Å². The number of esters is 1. The summed E-state index contributed by atoms with van der Waals surface area (Å²) >= 11 is 3.38. The highest BCUT2D eigenvalue weighted by atomic mass is 79.9. The molecule has 118 valence electrons. The van der Waals surface area contributed by atoms with Crippen molar-refractivity contribution in [3.63, 3.8) is 0 Å². The minimum Gasteiger partial charge on any atom is -0.486 e. The van der Waals surface area contributed by atoms with Gasteiger partial charge in [0.05, 0.1) is 0 Å². The molecule has 1 aliphatic heterocycles. The Hall–Kier alpha value is -2.27. The summed E-state index contributed by atoms with van der Waals surface area (Å²) in [5, 5.41) is 0. The number of fused-ring (bicyclic) bond motifs is 1. The predicted octanol–water partition coefficient (Wildman–Crippen LogP) is 3.98. The van der Waals surface area contributed by atoms with Gasteiger partial charge in [-0.05, 0) is 41.5 Å². The van der Waals surface area contributed by atoms with E-state index in [-0.39, 0.29) is 12.6 Å². The second-order valence-corrected chi connectivity index (χ2v) is 5.89. The smallest absolute Gasteiger partial charge is 0.331 e. The molecule has 0 bridgehead atoms. The third kappa shape index (κ3) is 4.36. The maximum absolute atomic E-state index is 11.8. The van der Waals surface area contributed by atoms with E-state index in [0.717, 1.165) is 21.3 Å². The molecule has 1 aliphatic rings. The Morgan fingerprint density at radius 2 is 1.96 bits per heavy atom. The zero-order valence-electron chi connectivity index (χ0n) is 12.3. The molecule has 0 fully saturated rings. The number of hydrogen-bond donors (Lipinski definition) is 0. The van der Waals surface area contributed by atoms with Gasteiger partial charge in [0.2, 0.25) is 0 Å². The van der Waals surface area contributed by atoms with E-state index in [1.807, 2.05) is 42.5 Å². The minimum atomic E-state index is -0.389. The first-order valence-corrected chi connectivity index (χ1v) is 7.99. The van der Waals surface area contributed by atoms with Crippen molar-refractivity contribution in [3.05, 3.63) is 64.1 Å². The van der Waals surface area contributed by atoms with Gasteiger partial charge < -0.3 is 14.2 Å². The van der Waals surface area contributed by atoms with Crippen LogP contribution in [0.25, 0.3) is 6.08 Å². The third-order valence-electron chi connectivity index (χ3n) is 3.25. The van der Waals surface area contributed by atoms with Gasteiger partial charge in [-0.3, -0.25) is 0 Å². The van der Waals surface area contributed by atoms with E-state index >= 15 is 0 Å². The highest BCUT2D eigenvalue weighted by Crippen LogP contribution is 2.31. The lowest BCUT2D eigenvalue weighted by atomic mass is 10.2. The van der Waals surface area contributed by atoms with Gasteiger partial charge in [-0.15, -0.1) is 0 Å². The highest BCUT2D eigenvalue weighted by Gasteiger charge is 2.10. The van der Waals surface area contributed by atoms with Gasteiger partial charge >= 0.3 is 5.97 Å².